The molecule has 0 fully saturated rings. The van der Waals surface area contributed by atoms with Crippen molar-refractivity contribution >= 4 is 27.4 Å². The summed E-state index contributed by atoms with van der Waals surface area (Å²) in [4.78, 5) is 21.0. The van der Waals surface area contributed by atoms with Gasteiger partial charge in [-0.2, -0.15) is 0 Å². The van der Waals surface area contributed by atoms with Gasteiger partial charge in [-0.25, -0.2) is 13.2 Å². The van der Waals surface area contributed by atoms with E-state index in [-0.39, 0.29) is 21.8 Å². The number of aromatic carboxylic acids is 1. The molecule has 2 aromatic rings. The number of rotatable bonds is 5. The summed E-state index contributed by atoms with van der Waals surface area (Å²) < 4.78 is 27.3. The van der Waals surface area contributed by atoms with Gasteiger partial charge in [0.1, 0.15) is 0 Å². The quantitative estimate of drug-likeness (QED) is 0.630. The zero-order valence-electron chi connectivity index (χ0n) is 12.8. The second-order valence-electron chi connectivity index (χ2n) is 5.13. The lowest BCUT2D eigenvalue weighted by molar-refractivity contribution is -0.385. The summed E-state index contributed by atoms with van der Waals surface area (Å²) in [5.41, 5.74) is 0.477. The van der Waals surface area contributed by atoms with Crippen LogP contribution < -0.4 is 4.72 Å². The van der Waals surface area contributed by atoms with Crippen molar-refractivity contribution < 1.29 is 23.2 Å². The molecule has 0 radical (unpaired) electrons. The van der Waals surface area contributed by atoms with Gasteiger partial charge in [0.2, 0.25) is 0 Å². The molecule has 0 saturated carbocycles. The molecule has 126 valence electrons. The Kier molecular flexibility index (Phi) is 4.56. The summed E-state index contributed by atoms with van der Waals surface area (Å²) in [7, 11) is -4.11. The van der Waals surface area contributed by atoms with Crippen LogP contribution in [0.15, 0.2) is 41.3 Å². The first-order chi connectivity index (χ1) is 11.1. The fraction of sp³-hybridized carbons (Fsp3) is 0.133. The first-order valence-corrected chi connectivity index (χ1v) is 8.22. The van der Waals surface area contributed by atoms with Crippen molar-refractivity contribution in [2.45, 2.75) is 18.7 Å². The van der Waals surface area contributed by atoms with E-state index < -0.39 is 20.9 Å². The van der Waals surface area contributed by atoms with Crippen molar-refractivity contribution in [2.24, 2.45) is 0 Å². The SMILES string of the molecule is Cc1cc([N+](=O)[O-])cc(S(=O)(=O)Nc2cccc(C(=O)O)c2)c1C. The molecule has 0 atom stereocenters. The maximum atomic E-state index is 12.5. The second kappa shape index (κ2) is 6.28. The summed E-state index contributed by atoms with van der Waals surface area (Å²) in [6.45, 7) is 3.12. The van der Waals surface area contributed by atoms with E-state index in [1.807, 2.05) is 0 Å². The Morgan fingerprint density at radius 1 is 1.21 bits per heavy atom. The Morgan fingerprint density at radius 2 is 1.88 bits per heavy atom. The number of nitrogens with one attached hydrogen (secondary N) is 1. The highest BCUT2D eigenvalue weighted by molar-refractivity contribution is 7.92. The van der Waals surface area contributed by atoms with Gasteiger partial charge >= 0.3 is 5.97 Å². The Balaban J connectivity index is 2.50. The van der Waals surface area contributed by atoms with Gasteiger partial charge in [0.25, 0.3) is 15.7 Å². The first kappa shape index (κ1) is 17.4. The molecule has 0 spiro atoms. The third kappa shape index (κ3) is 3.51. The summed E-state index contributed by atoms with van der Waals surface area (Å²) >= 11 is 0. The van der Waals surface area contributed by atoms with Crippen molar-refractivity contribution in [3.05, 3.63) is 63.2 Å². The number of aryl methyl sites for hydroxylation is 1. The smallest absolute Gasteiger partial charge is 0.335 e. The zero-order chi connectivity index (χ0) is 18.1. The van der Waals surface area contributed by atoms with Crippen LogP contribution in [0.2, 0.25) is 0 Å². The molecule has 2 rings (SSSR count). The summed E-state index contributed by atoms with van der Waals surface area (Å²) in [5.74, 6) is -1.20. The predicted molar refractivity (Wildman–Crippen MR) is 86.8 cm³/mol. The molecule has 0 aromatic heterocycles. The Bertz CT molecular complexity index is 937. The Morgan fingerprint density at radius 3 is 2.46 bits per heavy atom. The van der Waals surface area contributed by atoms with E-state index in [0.717, 1.165) is 6.07 Å². The molecule has 9 heteroatoms. The second-order valence-corrected chi connectivity index (χ2v) is 6.79. The number of hydrogen-bond donors (Lipinski definition) is 2. The lowest BCUT2D eigenvalue weighted by atomic mass is 10.1. The van der Waals surface area contributed by atoms with Crippen molar-refractivity contribution in [3.63, 3.8) is 0 Å². The number of carboxylic acid groups (broad SMARTS) is 1. The molecule has 0 aliphatic heterocycles. The van der Waals surface area contributed by atoms with Gasteiger partial charge in [-0.15, -0.1) is 0 Å². The summed E-state index contributed by atoms with van der Waals surface area (Å²) in [6, 6.07) is 7.55. The van der Waals surface area contributed by atoms with Crippen LogP contribution in [0.3, 0.4) is 0 Å². The maximum absolute atomic E-state index is 12.5. The predicted octanol–water partition coefficient (Wildman–Crippen LogP) is 2.71. The molecule has 0 bridgehead atoms. The number of anilines is 1. The van der Waals surface area contributed by atoms with Gasteiger partial charge in [-0.3, -0.25) is 14.8 Å². The fourth-order valence-electron chi connectivity index (χ4n) is 2.12. The molecule has 2 aromatic carbocycles. The van der Waals surface area contributed by atoms with Gasteiger partial charge in [0.15, 0.2) is 0 Å². The molecule has 0 saturated heterocycles. The highest BCUT2D eigenvalue weighted by atomic mass is 32.2. The molecule has 2 N–H and O–H groups in total. The number of benzene rings is 2. The minimum atomic E-state index is -4.11. The van der Waals surface area contributed by atoms with E-state index in [1.165, 1.54) is 30.3 Å². The number of nitrogens with zero attached hydrogens (tertiary/aromatic N) is 1. The van der Waals surface area contributed by atoms with Crippen molar-refractivity contribution in [1.82, 2.24) is 0 Å². The standard InChI is InChI=1S/C15H14N2O6S/c1-9-6-13(17(20)21)8-14(10(9)2)24(22,23)16-12-5-3-4-11(7-12)15(18)19/h3-8,16H,1-2H3,(H,18,19). The molecular formula is C15H14N2O6S. The minimum Gasteiger partial charge on any atom is -0.478 e. The van der Waals surface area contributed by atoms with Crippen LogP contribution >= 0.6 is 0 Å². The molecule has 0 heterocycles. The molecule has 0 unspecified atom stereocenters. The minimum absolute atomic E-state index is 0.0541. The van der Waals surface area contributed by atoms with E-state index in [4.69, 9.17) is 5.11 Å². The largest absolute Gasteiger partial charge is 0.478 e. The number of carboxylic acids is 1. The van der Waals surface area contributed by atoms with Crippen LogP contribution in [-0.2, 0) is 10.0 Å². The summed E-state index contributed by atoms with van der Waals surface area (Å²) in [5, 5.41) is 19.9. The maximum Gasteiger partial charge on any atom is 0.335 e. The number of hydrogen-bond acceptors (Lipinski definition) is 5. The lowest BCUT2D eigenvalue weighted by Crippen LogP contribution is -2.15. The van der Waals surface area contributed by atoms with E-state index in [1.54, 1.807) is 13.8 Å². The third-order valence-corrected chi connectivity index (χ3v) is 4.97. The normalized spacial score (nSPS) is 11.1. The van der Waals surface area contributed by atoms with Crippen LogP contribution in [-0.4, -0.2) is 24.4 Å². The van der Waals surface area contributed by atoms with Gasteiger partial charge in [0, 0.05) is 17.8 Å². The first-order valence-electron chi connectivity index (χ1n) is 6.73. The average molecular weight is 350 g/mol. The Labute approximate surface area is 138 Å². The fourth-order valence-corrected chi connectivity index (χ4v) is 3.51. The molecule has 0 aliphatic rings. The van der Waals surface area contributed by atoms with Crippen LogP contribution in [0.4, 0.5) is 11.4 Å². The van der Waals surface area contributed by atoms with E-state index in [9.17, 15) is 23.3 Å². The van der Waals surface area contributed by atoms with E-state index in [2.05, 4.69) is 4.72 Å². The number of carbonyl (C=O) groups is 1. The van der Waals surface area contributed by atoms with Crippen LogP contribution in [0.25, 0.3) is 0 Å². The molecule has 8 nitrogen and oxygen atoms in total. The summed E-state index contributed by atoms with van der Waals surface area (Å²) in [6.07, 6.45) is 0. The van der Waals surface area contributed by atoms with Crippen LogP contribution in [0.1, 0.15) is 21.5 Å². The number of nitro groups is 1. The monoisotopic (exact) mass is 350 g/mol. The molecule has 24 heavy (non-hydrogen) atoms. The molecule has 0 aliphatic carbocycles. The van der Waals surface area contributed by atoms with Gasteiger partial charge < -0.3 is 5.11 Å². The van der Waals surface area contributed by atoms with E-state index in [0.29, 0.717) is 11.1 Å². The average Bonchev–Trinajstić information content (AvgIpc) is 2.49. The Hall–Kier alpha value is -2.94. The van der Waals surface area contributed by atoms with Gasteiger partial charge in [-0.1, -0.05) is 6.07 Å². The van der Waals surface area contributed by atoms with Crippen molar-refractivity contribution in [1.29, 1.82) is 0 Å². The van der Waals surface area contributed by atoms with Gasteiger partial charge in [-0.05, 0) is 43.2 Å². The third-order valence-electron chi connectivity index (χ3n) is 3.47. The number of sulfonamides is 1. The van der Waals surface area contributed by atoms with Crippen molar-refractivity contribution in [3.8, 4) is 0 Å². The van der Waals surface area contributed by atoms with Gasteiger partial charge in [0.05, 0.1) is 15.4 Å². The zero-order valence-corrected chi connectivity index (χ0v) is 13.6. The van der Waals surface area contributed by atoms with Crippen LogP contribution in [0, 0.1) is 24.0 Å². The highest BCUT2D eigenvalue weighted by Gasteiger charge is 2.22. The molecule has 0 amide bonds. The number of non-ortho nitro benzene ring substituents is 1. The highest BCUT2D eigenvalue weighted by Crippen LogP contribution is 2.27. The topological polar surface area (TPSA) is 127 Å². The lowest BCUT2D eigenvalue weighted by Gasteiger charge is -2.12. The van der Waals surface area contributed by atoms with E-state index >= 15 is 0 Å². The van der Waals surface area contributed by atoms with Crippen LogP contribution in [0.5, 0.6) is 0 Å². The molecular weight excluding hydrogens is 336 g/mol. The number of nitro benzene ring substituents is 1. The van der Waals surface area contributed by atoms with Crippen molar-refractivity contribution in [2.75, 3.05) is 4.72 Å².